The predicted octanol–water partition coefficient (Wildman–Crippen LogP) is 2.26. The zero-order valence-electron chi connectivity index (χ0n) is 17.4. The van der Waals surface area contributed by atoms with Crippen LogP contribution in [0.15, 0.2) is 21.5 Å². The normalized spacial score (nSPS) is 32.9. The van der Waals surface area contributed by atoms with Crippen LogP contribution in [-0.2, 0) is 9.47 Å². The zero-order chi connectivity index (χ0) is 19.1. The van der Waals surface area contributed by atoms with Crippen LogP contribution in [0.4, 0.5) is 0 Å². The molecular weight excluding hydrogens is 483 g/mol. The van der Waals surface area contributed by atoms with Gasteiger partial charge in [-0.15, -0.1) is 24.0 Å². The number of morpholine rings is 1. The molecule has 4 aliphatic rings. The number of hydrogen-bond acceptors (Lipinski definition) is 5. The second kappa shape index (κ2) is 9.11. The summed E-state index contributed by atoms with van der Waals surface area (Å²) < 4.78 is 17.7. The van der Waals surface area contributed by atoms with Gasteiger partial charge < -0.3 is 24.1 Å². The minimum atomic E-state index is 0. The van der Waals surface area contributed by atoms with Crippen molar-refractivity contribution in [1.29, 1.82) is 0 Å². The lowest BCUT2D eigenvalue weighted by atomic mass is 9.82. The molecule has 4 aliphatic heterocycles. The van der Waals surface area contributed by atoms with Crippen molar-refractivity contribution >= 4 is 29.9 Å². The van der Waals surface area contributed by atoms with E-state index in [-0.39, 0.29) is 30.0 Å². The minimum absolute atomic E-state index is 0. The Balaban J connectivity index is 0.00000205. The van der Waals surface area contributed by atoms with Crippen molar-refractivity contribution in [2.24, 2.45) is 16.8 Å². The number of nitrogens with one attached hydrogen (secondary N) is 1. The van der Waals surface area contributed by atoms with Crippen LogP contribution >= 0.6 is 24.0 Å². The monoisotopic (exact) mass is 516 g/mol. The largest absolute Gasteiger partial charge is 0.465 e. The van der Waals surface area contributed by atoms with Gasteiger partial charge in [-0.05, 0) is 31.9 Å². The van der Waals surface area contributed by atoms with Crippen molar-refractivity contribution in [3.05, 3.63) is 23.7 Å². The van der Waals surface area contributed by atoms with Gasteiger partial charge in [-0.25, -0.2) is 0 Å². The van der Waals surface area contributed by atoms with Crippen LogP contribution in [-0.4, -0.2) is 81.0 Å². The molecule has 5 rings (SSSR count). The summed E-state index contributed by atoms with van der Waals surface area (Å²) in [7, 11) is 1.89. The van der Waals surface area contributed by atoms with E-state index in [0.717, 1.165) is 63.4 Å². The first-order chi connectivity index (χ1) is 13.7. The number of aliphatic imine (C=N–C) groups is 1. The van der Waals surface area contributed by atoms with Crippen LogP contribution in [0.1, 0.15) is 30.4 Å². The third-order valence-corrected chi connectivity index (χ3v) is 6.99. The van der Waals surface area contributed by atoms with Gasteiger partial charge in [0.05, 0.1) is 31.5 Å². The molecule has 4 saturated heterocycles. The van der Waals surface area contributed by atoms with Gasteiger partial charge in [0.2, 0.25) is 0 Å². The van der Waals surface area contributed by atoms with Crippen molar-refractivity contribution < 1.29 is 13.9 Å². The molecule has 1 aromatic rings. The summed E-state index contributed by atoms with van der Waals surface area (Å²) in [6.07, 6.45) is 3.43. The average molecular weight is 516 g/mol. The predicted molar refractivity (Wildman–Crippen MR) is 122 cm³/mol. The summed E-state index contributed by atoms with van der Waals surface area (Å²) in [5, 5.41) is 3.65. The fourth-order valence-corrected chi connectivity index (χ4v) is 5.58. The Hall–Kier alpha value is -0.840. The van der Waals surface area contributed by atoms with E-state index in [4.69, 9.17) is 13.9 Å². The number of furan rings is 1. The van der Waals surface area contributed by atoms with Crippen molar-refractivity contribution in [2.75, 3.05) is 53.0 Å². The maximum Gasteiger partial charge on any atom is 0.193 e. The lowest BCUT2D eigenvalue weighted by Gasteiger charge is -2.34. The molecule has 5 heterocycles. The van der Waals surface area contributed by atoms with E-state index >= 15 is 0 Å². The van der Waals surface area contributed by atoms with Crippen molar-refractivity contribution in [2.45, 2.75) is 38.0 Å². The Morgan fingerprint density at radius 1 is 1.17 bits per heavy atom. The van der Waals surface area contributed by atoms with Gasteiger partial charge in [0, 0.05) is 51.6 Å². The quantitative estimate of drug-likeness (QED) is 0.377. The third-order valence-electron chi connectivity index (χ3n) is 6.99. The highest BCUT2D eigenvalue weighted by Gasteiger charge is 2.53. The minimum Gasteiger partial charge on any atom is -0.465 e. The number of ether oxygens (including phenoxy) is 2. The van der Waals surface area contributed by atoms with Crippen LogP contribution in [0.3, 0.4) is 0 Å². The second-order valence-electron chi connectivity index (χ2n) is 8.56. The highest BCUT2D eigenvalue weighted by molar-refractivity contribution is 14.0. The molecule has 0 spiro atoms. The lowest BCUT2D eigenvalue weighted by Crippen LogP contribution is -2.47. The molecule has 1 N–H and O–H groups in total. The maximum atomic E-state index is 6.12. The Labute approximate surface area is 190 Å². The molecule has 0 aromatic carbocycles. The topological polar surface area (TPSA) is 62.5 Å². The number of nitrogens with zero attached hydrogens (tertiary/aromatic N) is 3. The Kier molecular flexibility index (Phi) is 6.72. The van der Waals surface area contributed by atoms with Gasteiger partial charge in [0.1, 0.15) is 11.5 Å². The number of fused-ring (bicyclic) bond motifs is 5. The molecule has 0 amide bonds. The molecule has 8 heteroatoms. The van der Waals surface area contributed by atoms with Gasteiger partial charge in [-0.2, -0.15) is 0 Å². The van der Waals surface area contributed by atoms with E-state index < -0.39 is 0 Å². The highest BCUT2D eigenvalue weighted by Crippen LogP contribution is 2.47. The molecule has 162 valence electrons. The summed E-state index contributed by atoms with van der Waals surface area (Å²) in [5.41, 5.74) is 0. The maximum absolute atomic E-state index is 6.12. The Morgan fingerprint density at radius 2 is 1.86 bits per heavy atom. The molecule has 2 bridgehead atoms. The van der Waals surface area contributed by atoms with Gasteiger partial charge in [-0.3, -0.25) is 9.89 Å². The van der Waals surface area contributed by atoms with E-state index in [2.05, 4.69) is 32.2 Å². The molecule has 5 atom stereocenters. The number of halogens is 1. The molecule has 7 nitrogen and oxygen atoms in total. The first-order valence-electron chi connectivity index (χ1n) is 10.7. The number of hydrogen-bond donors (Lipinski definition) is 1. The van der Waals surface area contributed by atoms with Crippen LogP contribution in [0.2, 0.25) is 0 Å². The van der Waals surface area contributed by atoms with Crippen molar-refractivity contribution in [3.63, 3.8) is 0 Å². The first-order valence-corrected chi connectivity index (χ1v) is 10.7. The molecule has 5 unspecified atom stereocenters. The van der Waals surface area contributed by atoms with E-state index in [1.807, 2.05) is 14.0 Å². The third kappa shape index (κ3) is 4.18. The standard InChI is InChI=1S/C21H32N4O3.HI/c1-14-3-4-20(27-14)17(24-7-9-26-10-8-24)11-23-21(22-2)25-12-15-16(13-25)19-6-5-18(15)28-19;/h3-4,15-19H,5-13H2,1-2H3,(H,22,23);1H. The van der Waals surface area contributed by atoms with Crippen LogP contribution in [0.5, 0.6) is 0 Å². The Bertz CT molecular complexity index is 703. The molecule has 0 radical (unpaired) electrons. The van der Waals surface area contributed by atoms with Gasteiger partial charge in [0.15, 0.2) is 5.96 Å². The lowest BCUT2D eigenvalue weighted by molar-refractivity contribution is 0.0123. The van der Waals surface area contributed by atoms with Gasteiger partial charge >= 0.3 is 0 Å². The second-order valence-corrected chi connectivity index (χ2v) is 8.56. The zero-order valence-corrected chi connectivity index (χ0v) is 19.7. The number of aryl methyl sites for hydroxylation is 1. The van der Waals surface area contributed by atoms with E-state index in [1.165, 1.54) is 12.8 Å². The van der Waals surface area contributed by atoms with Crippen LogP contribution in [0, 0.1) is 18.8 Å². The number of rotatable bonds is 4. The molecule has 29 heavy (non-hydrogen) atoms. The van der Waals surface area contributed by atoms with Gasteiger partial charge in [-0.1, -0.05) is 0 Å². The SMILES string of the molecule is CN=C(NCC(c1ccc(C)o1)N1CCOCC1)N1CC2C3CCC(O3)C2C1.I. The van der Waals surface area contributed by atoms with E-state index in [0.29, 0.717) is 24.0 Å². The summed E-state index contributed by atoms with van der Waals surface area (Å²) in [6, 6.07) is 4.35. The Morgan fingerprint density at radius 3 is 2.45 bits per heavy atom. The molecule has 0 saturated carbocycles. The summed E-state index contributed by atoms with van der Waals surface area (Å²) in [5.74, 6) is 4.35. The number of likely N-dealkylation sites (tertiary alicyclic amines) is 1. The number of guanidine groups is 1. The average Bonchev–Trinajstić information content (AvgIpc) is 3.48. The highest BCUT2D eigenvalue weighted by atomic mass is 127. The fourth-order valence-electron chi connectivity index (χ4n) is 5.58. The van der Waals surface area contributed by atoms with Crippen molar-refractivity contribution in [1.82, 2.24) is 15.1 Å². The van der Waals surface area contributed by atoms with Gasteiger partial charge in [0.25, 0.3) is 0 Å². The van der Waals surface area contributed by atoms with E-state index in [9.17, 15) is 0 Å². The fraction of sp³-hybridized carbons (Fsp3) is 0.762. The first kappa shape index (κ1) is 21.4. The summed E-state index contributed by atoms with van der Waals surface area (Å²) in [4.78, 5) is 9.49. The van der Waals surface area contributed by atoms with E-state index in [1.54, 1.807) is 0 Å². The molecule has 1 aromatic heterocycles. The molecule has 0 aliphatic carbocycles. The smallest absolute Gasteiger partial charge is 0.193 e. The van der Waals surface area contributed by atoms with Crippen molar-refractivity contribution in [3.8, 4) is 0 Å². The van der Waals surface area contributed by atoms with Crippen LogP contribution in [0.25, 0.3) is 0 Å². The molecular formula is C21H33IN4O3. The van der Waals surface area contributed by atoms with Crippen LogP contribution < -0.4 is 5.32 Å². The molecule has 4 fully saturated rings. The summed E-state index contributed by atoms with van der Waals surface area (Å²) >= 11 is 0. The summed E-state index contributed by atoms with van der Waals surface area (Å²) in [6.45, 7) is 8.34.